The molecule has 0 spiro atoms. The zero-order chi connectivity index (χ0) is 19.7. The second-order valence-corrected chi connectivity index (χ2v) is 8.44. The number of aliphatic imine (C=N–C) groups is 1. The molecule has 10 heteroatoms. The van der Waals surface area contributed by atoms with Gasteiger partial charge in [-0.3, -0.25) is 0 Å². The number of nitrogens with zero attached hydrogens (tertiary/aromatic N) is 4. The van der Waals surface area contributed by atoms with Gasteiger partial charge < -0.3 is 15.2 Å². The molecule has 156 valence electrons. The van der Waals surface area contributed by atoms with Crippen molar-refractivity contribution >= 4 is 39.8 Å². The summed E-state index contributed by atoms with van der Waals surface area (Å²) >= 11 is 0. The van der Waals surface area contributed by atoms with E-state index in [9.17, 15) is 8.42 Å². The summed E-state index contributed by atoms with van der Waals surface area (Å²) < 4.78 is 24.7. The molecule has 0 unspecified atom stereocenters. The normalized spacial score (nSPS) is 11.8. The Hall–Kier alpha value is -1.69. The first-order valence-electron chi connectivity index (χ1n) is 9.05. The highest BCUT2D eigenvalue weighted by molar-refractivity contribution is 14.0. The zero-order valence-electron chi connectivity index (χ0n) is 16.6. The van der Waals surface area contributed by atoms with E-state index in [0.717, 1.165) is 42.4 Å². The first-order chi connectivity index (χ1) is 12.9. The molecule has 2 aromatic rings. The summed E-state index contributed by atoms with van der Waals surface area (Å²) in [6, 6.07) is 7.51. The third-order valence-electron chi connectivity index (χ3n) is 3.87. The topological polar surface area (TPSA) is 101 Å². The lowest BCUT2D eigenvalue weighted by Gasteiger charge is -2.12. The van der Waals surface area contributed by atoms with Gasteiger partial charge in [-0.15, -0.1) is 34.2 Å². The average Bonchev–Trinajstić information content (AvgIpc) is 3.07. The van der Waals surface area contributed by atoms with Crippen molar-refractivity contribution in [1.82, 2.24) is 25.4 Å². The Morgan fingerprint density at radius 1 is 1.14 bits per heavy atom. The minimum Gasteiger partial charge on any atom is -0.357 e. The summed E-state index contributed by atoms with van der Waals surface area (Å²) in [7, 11) is -3.02. The maximum absolute atomic E-state index is 11.4. The lowest BCUT2D eigenvalue weighted by molar-refractivity contribution is 0.601. The number of nitrogens with one attached hydrogen (secondary N) is 2. The number of aromatic nitrogens is 3. The van der Waals surface area contributed by atoms with Crippen LogP contribution in [-0.2, 0) is 35.1 Å². The maximum atomic E-state index is 11.4. The molecule has 1 aromatic carbocycles. The molecule has 0 fully saturated rings. The van der Waals surface area contributed by atoms with Crippen molar-refractivity contribution in [3.05, 3.63) is 47.5 Å². The first kappa shape index (κ1) is 24.3. The molecule has 0 aliphatic heterocycles. The van der Waals surface area contributed by atoms with E-state index in [4.69, 9.17) is 0 Å². The van der Waals surface area contributed by atoms with Gasteiger partial charge in [-0.25, -0.2) is 13.4 Å². The highest BCUT2D eigenvalue weighted by Crippen LogP contribution is 2.08. The van der Waals surface area contributed by atoms with Crippen molar-refractivity contribution in [1.29, 1.82) is 0 Å². The second kappa shape index (κ2) is 12.0. The van der Waals surface area contributed by atoms with Gasteiger partial charge in [0.15, 0.2) is 15.8 Å². The summed E-state index contributed by atoms with van der Waals surface area (Å²) in [6.07, 6.45) is 3.83. The highest BCUT2D eigenvalue weighted by atomic mass is 127. The Balaban J connectivity index is 0.00000392. The summed E-state index contributed by atoms with van der Waals surface area (Å²) in [5.41, 5.74) is 1.81. The Kier molecular flexibility index (Phi) is 10.4. The molecule has 0 radical (unpaired) electrons. The largest absolute Gasteiger partial charge is 0.357 e. The molecule has 0 aliphatic rings. The summed E-state index contributed by atoms with van der Waals surface area (Å²) in [5, 5.41) is 14.5. The van der Waals surface area contributed by atoms with E-state index in [1.54, 1.807) is 6.33 Å². The van der Waals surface area contributed by atoms with Crippen LogP contribution in [0.25, 0.3) is 0 Å². The van der Waals surface area contributed by atoms with Gasteiger partial charge in [-0.1, -0.05) is 31.2 Å². The number of hydrogen-bond donors (Lipinski definition) is 2. The van der Waals surface area contributed by atoms with Gasteiger partial charge in [0, 0.05) is 32.3 Å². The van der Waals surface area contributed by atoms with E-state index < -0.39 is 9.84 Å². The molecule has 0 saturated carbocycles. The monoisotopic (exact) mass is 520 g/mol. The van der Waals surface area contributed by atoms with Crippen molar-refractivity contribution in [3.8, 4) is 0 Å². The van der Waals surface area contributed by atoms with Crippen molar-refractivity contribution in [2.75, 3.05) is 19.3 Å². The lowest BCUT2D eigenvalue weighted by Crippen LogP contribution is -2.38. The Morgan fingerprint density at radius 3 is 2.43 bits per heavy atom. The third kappa shape index (κ3) is 8.55. The molecule has 0 atom stereocenters. The minimum absolute atomic E-state index is 0. The molecule has 28 heavy (non-hydrogen) atoms. The molecule has 0 aliphatic carbocycles. The SMILES string of the molecule is CCNC(=NCc1ccc(CS(C)(=O)=O)cc1)NCCn1cnnc1CC.I. The van der Waals surface area contributed by atoms with Gasteiger partial charge in [0.25, 0.3) is 0 Å². The lowest BCUT2D eigenvalue weighted by atomic mass is 10.1. The summed E-state index contributed by atoms with van der Waals surface area (Å²) in [5.74, 6) is 1.76. The fourth-order valence-electron chi connectivity index (χ4n) is 2.59. The van der Waals surface area contributed by atoms with Crippen molar-refractivity contribution < 1.29 is 8.42 Å². The van der Waals surface area contributed by atoms with Crippen molar-refractivity contribution in [3.63, 3.8) is 0 Å². The molecule has 8 nitrogen and oxygen atoms in total. The molecule has 0 saturated heterocycles. The van der Waals surface area contributed by atoms with Crippen LogP contribution in [0.1, 0.15) is 30.8 Å². The van der Waals surface area contributed by atoms with Gasteiger partial charge in [0.05, 0.1) is 12.3 Å². The van der Waals surface area contributed by atoms with E-state index in [0.29, 0.717) is 13.1 Å². The fourth-order valence-corrected chi connectivity index (χ4v) is 3.39. The van der Waals surface area contributed by atoms with E-state index in [-0.39, 0.29) is 29.7 Å². The predicted octanol–water partition coefficient (Wildman–Crippen LogP) is 1.76. The number of sulfone groups is 1. The van der Waals surface area contributed by atoms with Crippen LogP contribution in [0.5, 0.6) is 0 Å². The number of halogens is 1. The predicted molar refractivity (Wildman–Crippen MR) is 123 cm³/mol. The molecular weight excluding hydrogens is 491 g/mol. The highest BCUT2D eigenvalue weighted by Gasteiger charge is 2.05. The van der Waals surface area contributed by atoms with Crippen molar-refractivity contribution in [2.45, 2.75) is 39.1 Å². The third-order valence-corrected chi connectivity index (χ3v) is 4.73. The summed E-state index contributed by atoms with van der Waals surface area (Å²) in [4.78, 5) is 4.59. The van der Waals surface area contributed by atoms with Gasteiger partial charge in [0.2, 0.25) is 0 Å². The van der Waals surface area contributed by atoms with Gasteiger partial charge in [-0.05, 0) is 18.1 Å². The van der Waals surface area contributed by atoms with Crippen LogP contribution < -0.4 is 10.6 Å². The first-order valence-corrected chi connectivity index (χ1v) is 11.1. The molecule has 0 bridgehead atoms. The fraction of sp³-hybridized carbons (Fsp3) is 0.500. The number of aryl methyl sites for hydroxylation is 1. The molecule has 0 amide bonds. The van der Waals surface area contributed by atoms with Crippen LogP contribution in [0.4, 0.5) is 0 Å². The smallest absolute Gasteiger partial charge is 0.191 e. The molecule has 1 heterocycles. The number of rotatable bonds is 9. The Bertz CT molecular complexity index is 849. The Morgan fingerprint density at radius 2 is 1.82 bits per heavy atom. The standard InChI is InChI=1S/C18H28N6O2S.HI/c1-4-17-23-22-14-24(17)11-10-20-18(19-5-2)21-12-15-6-8-16(9-7-15)13-27(3,25)26;/h6-9,14H,4-5,10-13H2,1-3H3,(H2,19,20,21);1H. The maximum Gasteiger partial charge on any atom is 0.191 e. The van der Waals surface area contributed by atoms with Crippen molar-refractivity contribution in [2.24, 2.45) is 4.99 Å². The van der Waals surface area contributed by atoms with Crippen LogP contribution in [0.15, 0.2) is 35.6 Å². The van der Waals surface area contributed by atoms with Gasteiger partial charge >= 0.3 is 0 Å². The quantitative estimate of drug-likeness (QED) is 0.297. The van der Waals surface area contributed by atoms with E-state index >= 15 is 0 Å². The zero-order valence-corrected chi connectivity index (χ0v) is 19.7. The molecular formula is C18H29IN6O2S. The average molecular weight is 520 g/mol. The van der Waals surface area contributed by atoms with Crippen LogP contribution in [0, 0.1) is 0 Å². The number of hydrogen-bond acceptors (Lipinski definition) is 5. The van der Waals surface area contributed by atoms with Crippen LogP contribution in [0.2, 0.25) is 0 Å². The van der Waals surface area contributed by atoms with Crippen LogP contribution in [0.3, 0.4) is 0 Å². The van der Waals surface area contributed by atoms with E-state index in [1.165, 1.54) is 6.26 Å². The van der Waals surface area contributed by atoms with Gasteiger partial charge in [0.1, 0.15) is 12.2 Å². The summed E-state index contributed by atoms with van der Waals surface area (Å²) in [6.45, 7) is 6.84. The molecule has 2 rings (SSSR count). The Labute approximate surface area is 184 Å². The van der Waals surface area contributed by atoms with Gasteiger partial charge in [-0.2, -0.15) is 0 Å². The minimum atomic E-state index is -3.02. The number of guanidine groups is 1. The number of benzene rings is 1. The van der Waals surface area contributed by atoms with Crippen LogP contribution in [-0.4, -0.2) is 48.5 Å². The van der Waals surface area contributed by atoms with E-state index in [1.807, 2.05) is 35.8 Å². The molecule has 1 aromatic heterocycles. The van der Waals surface area contributed by atoms with Crippen LogP contribution >= 0.6 is 24.0 Å². The van der Waals surface area contributed by atoms with E-state index in [2.05, 4.69) is 32.7 Å². The second-order valence-electron chi connectivity index (χ2n) is 6.30. The molecule has 2 N–H and O–H groups in total.